The molecule has 0 radical (unpaired) electrons. The number of rotatable bonds is 5. The Bertz CT molecular complexity index is 1040. The Balaban J connectivity index is 1.67. The van der Waals surface area contributed by atoms with Crippen LogP contribution in [0.1, 0.15) is 32.0 Å². The molecule has 7 heteroatoms. The number of anilines is 1. The second-order valence-electron chi connectivity index (χ2n) is 6.18. The number of nitrogens with zero attached hydrogens (tertiary/aromatic N) is 1. The van der Waals surface area contributed by atoms with Crippen LogP contribution in [0.3, 0.4) is 0 Å². The Morgan fingerprint density at radius 3 is 2.64 bits per heavy atom. The highest BCUT2D eigenvalue weighted by atomic mass is 35.5. The van der Waals surface area contributed by atoms with Crippen molar-refractivity contribution in [3.63, 3.8) is 0 Å². The molecule has 0 saturated heterocycles. The molecule has 0 bridgehead atoms. The van der Waals surface area contributed by atoms with Gasteiger partial charge in [-0.25, -0.2) is 4.39 Å². The lowest BCUT2D eigenvalue weighted by atomic mass is 10.1. The maximum atomic E-state index is 13.2. The molecule has 0 aliphatic carbocycles. The Labute approximate surface area is 166 Å². The Morgan fingerprint density at radius 2 is 1.89 bits per heavy atom. The van der Waals surface area contributed by atoms with E-state index in [0.717, 1.165) is 17.2 Å². The zero-order chi connectivity index (χ0) is 20.1. The molecule has 3 aromatic rings. The summed E-state index contributed by atoms with van der Waals surface area (Å²) in [6, 6.07) is 14.6. The lowest BCUT2D eigenvalue weighted by Crippen LogP contribution is -2.23. The maximum Gasteiger partial charge on any atom is 0.274 e. The lowest BCUT2D eigenvalue weighted by molar-refractivity contribution is 0.0950. The first-order valence-corrected chi connectivity index (χ1v) is 8.86. The van der Waals surface area contributed by atoms with E-state index in [2.05, 4.69) is 15.6 Å². The number of pyridine rings is 1. The molecule has 2 N–H and O–H groups in total. The van der Waals surface area contributed by atoms with Gasteiger partial charge >= 0.3 is 0 Å². The predicted molar refractivity (Wildman–Crippen MR) is 106 cm³/mol. The number of nitrogens with one attached hydrogen (secondary N) is 2. The molecule has 1 heterocycles. The molecule has 3 rings (SSSR count). The number of benzene rings is 2. The van der Waals surface area contributed by atoms with Crippen LogP contribution in [0.4, 0.5) is 10.1 Å². The van der Waals surface area contributed by atoms with E-state index in [1.54, 1.807) is 0 Å². The number of hydrogen-bond donors (Lipinski definition) is 2. The molecule has 0 unspecified atom stereocenters. The number of amides is 2. The van der Waals surface area contributed by atoms with Crippen LogP contribution < -0.4 is 10.6 Å². The van der Waals surface area contributed by atoms with Crippen molar-refractivity contribution in [3.05, 3.63) is 94.0 Å². The summed E-state index contributed by atoms with van der Waals surface area (Å²) in [7, 11) is 0. The number of hydrogen-bond acceptors (Lipinski definition) is 3. The fourth-order valence-electron chi connectivity index (χ4n) is 2.57. The van der Waals surface area contributed by atoms with Gasteiger partial charge in [0, 0.05) is 24.0 Å². The molecule has 2 amide bonds. The van der Waals surface area contributed by atoms with Gasteiger partial charge in [-0.3, -0.25) is 14.6 Å². The zero-order valence-electron chi connectivity index (χ0n) is 15.0. The highest BCUT2D eigenvalue weighted by Crippen LogP contribution is 2.19. The summed E-state index contributed by atoms with van der Waals surface area (Å²) >= 11 is 5.71. The summed E-state index contributed by atoms with van der Waals surface area (Å²) in [4.78, 5) is 28.7. The van der Waals surface area contributed by atoms with Crippen LogP contribution in [0.25, 0.3) is 0 Å². The van der Waals surface area contributed by atoms with Crippen molar-refractivity contribution in [2.45, 2.75) is 13.5 Å². The Hall–Kier alpha value is -3.25. The van der Waals surface area contributed by atoms with Crippen LogP contribution >= 0.6 is 11.6 Å². The molecular formula is C21H17ClFN3O2. The van der Waals surface area contributed by atoms with Gasteiger partial charge in [-0.2, -0.15) is 0 Å². The van der Waals surface area contributed by atoms with Crippen LogP contribution in [0.15, 0.2) is 60.8 Å². The third-order valence-electron chi connectivity index (χ3n) is 3.97. The van der Waals surface area contributed by atoms with E-state index in [1.165, 1.54) is 30.5 Å². The molecule has 28 heavy (non-hydrogen) atoms. The van der Waals surface area contributed by atoms with E-state index < -0.39 is 11.7 Å². The van der Waals surface area contributed by atoms with Crippen LogP contribution in [-0.4, -0.2) is 16.8 Å². The van der Waals surface area contributed by atoms with E-state index in [0.29, 0.717) is 17.8 Å². The highest BCUT2D eigenvalue weighted by Gasteiger charge is 2.13. The minimum atomic E-state index is -0.579. The highest BCUT2D eigenvalue weighted by molar-refractivity contribution is 6.31. The smallest absolute Gasteiger partial charge is 0.274 e. The Kier molecular flexibility index (Phi) is 6.01. The van der Waals surface area contributed by atoms with Crippen LogP contribution in [0.2, 0.25) is 5.02 Å². The molecule has 0 aliphatic heterocycles. The molecule has 1 aromatic heterocycles. The average Bonchev–Trinajstić information content (AvgIpc) is 2.69. The van der Waals surface area contributed by atoms with Gasteiger partial charge in [0.1, 0.15) is 11.5 Å². The van der Waals surface area contributed by atoms with Crippen molar-refractivity contribution in [3.8, 4) is 0 Å². The monoisotopic (exact) mass is 397 g/mol. The fraction of sp³-hybridized carbons (Fsp3) is 0.0952. The summed E-state index contributed by atoms with van der Waals surface area (Å²) in [6.45, 7) is 2.35. The van der Waals surface area contributed by atoms with Gasteiger partial charge in [-0.1, -0.05) is 41.4 Å². The second kappa shape index (κ2) is 8.63. The SMILES string of the molecule is Cc1cccc(CNC(=O)c2ccnc(C(=O)Nc3ccc(F)c(Cl)c3)c2)c1. The number of halogens is 2. The minimum Gasteiger partial charge on any atom is -0.348 e. The van der Waals surface area contributed by atoms with Crippen molar-refractivity contribution < 1.29 is 14.0 Å². The van der Waals surface area contributed by atoms with Crippen LogP contribution in [-0.2, 0) is 6.54 Å². The topological polar surface area (TPSA) is 71.1 Å². The van der Waals surface area contributed by atoms with Gasteiger partial charge in [-0.15, -0.1) is 0 Å². The average molecular weight is 398 g/mol. The molecule has 142 valence electrons. The predicted octanol–water partition coefficient (Wildman–Crippen LogP) is 4.36. The summed E-state index contributed by atoms with van der Waals surface area (Å²) in [5.74, 6) is -1.43. The van der Waals surface area contributed by atoms with E-state index in [1.807, 2.05) is 31.2 Å². The summed E-state index contributed by atoms with van der Waals surface area (Å²) in [6.07, 6.45) is 1.38. The molecule has 0 fully saturated rings. The normalized spacial score (nSPS) is 10.4. The summed E-state index contributed by atoms with van der Waals surface area (Å²) in [5.41, 5.74) is 2.78. The first-order valence-electron chi connectivity index (χ1n) is 8.48. The molecular weight excluding hydrogens is 381 g/mol. The number of carbonyl (C=O) groups excluding carboxylic acids is 2. The Morgan fingerprint density at radius 1 is 1.07 bits per heavy atom. The number of carbonyl (C=O) groups is 2. The lowest BCUT2D eigenvalue weighted by Gasteiger charge is -2.08. The van der Waals surface area contributed by atoms with Gasteiger partial charge in [0.15, 0.2) is 0 Å². The van der Waals surface area contributed by atoms with Crippen molar-refractivity contribution in [1.82, 2.24) is 10.3 Å². The minimum absolute atomic E-state index is 0.0589. The van der Waals surface area contributed by atoms with E-state index in [-0.39, 0.29) is 16.6 Å². The number of aryl methyl sites for hydroxylation is 1. The van der Waals surface area contributed by atoms with Crippen molar-refractivity contribution in [2.24, 2.45) is 0 Å². The molecule has 0 spiro atoms. The van der Waals surface area contributed by atoms with Gasteiger partial charge in [0.25, 0.3) is 11.8 Å². The third kappa shape index (κ3) is 4.92. The van der Waals surface area contributed by atoms with Gasteiger partial charge < -0.3 is 10.6 Å². The molecule has 0 atom stereocenters. The van der Waals surface area contributed by atoms with Crippen LogP contribution in [0, 0.1) is 12.7 Å². The van der Waals surface area contributed by atoms with Crippen molar-refractivity contribution >= 4 is 29.1 Å². The molecule has 0 saturated carbocycles. The van der Waals surface area contributed by atoms with Crippen molar-refractivity contribution in [1.29, 1.82) is 0 Å². The zero-order valence-corrected chi connectivity index (χ0v) is 15.8. The van der Waals surface area contributed by atoms with Gasteiger partial charge in [0.05, 0.1) is 5.02 Å². The second-order valence-corrected chi connectivity index (χ2v) is 6.59. The first-order chi connectivity index (χ1) is 13.4. The quantitative estimate of drug-likeness (QED) is 0.671. The van der Waals surface area contributed by atoms with Gasteiger partial charge in [-0.05, 0) is 42.8 Å². The first kappa shape index (κ1) is 19.5. The molecule has 2 aromatic carbocycles. The fourth-order valence-corrected chi connectivity index (χ4v) is 2.75. The molecule has 0 aliphatic rings. The third-order valence-corrected chi connectivity index (χ3v) is 4.26. The summed E-state index contributed by atoms with van der Waals surface area (Å²) < 4.78 is 13.2. The van der Waals surface area contributed by atoms with Gasteiger partial charge in [0.2, 0.25) is 0 Å². The largest absolute Gasteiger partial charge is 0.348 e. The summed E-state index contributed by atoms with van der Waals surface area (Å²) in [5, 5.41) is 5.28. The standard InChI is InChI=1S/C21H17ClFN3O2/c1-13-3-2-4-14(9-13)12-25-20(27)15-7-8-24-19(10-15)21(28)26-16-5-6-18(23)17(22)11-16/h2-11H,12H2,1H3,(H,25,27)(H,26,28). The van der Waals surface area contributed by atoms with E-state index in [9.17, 15) is 14.0 Å². The van der Waals surface area contributed by atoms with Crippen LogP contribution in [0.5, 0.6) is 0 Å². The number of aromatic nitrogens is 1. The maximum absolute atomic E-state index is 13.2. The van der Waals surface area contributed by atoms with E-state index in [4.69, 9.17) is 11.6 Å². The van der Waals surface area contributed by atoms with E-state index >= 15 is 0 Å². The molecule has 5 nitrogen and oxygen atoms in total. The van der Waals surface area contributed by atoms with Crippen molar-refractivity contribution in [2.75, 3.05) is 5.32 Å².